The topological polar surface area (TPSA) is 86.7 Å². The lowest BCUT2D eigenvalue weighted by Gasteiger charge is -2.13. The van der Waals surface area contributed by atoms with E-state index in [0.29, 0.717) is 28.6 Å². The van der Waals surface area contributed by atoms with Crippen LogP contribution in [-0.2, 0) is 0 Å². The molecule has 6 nitrogen and oxygen atoms in total. The number of hydrogen-bond acceptors (Lipinski definition) is 5. The highest BCUT2D eigenvalue weighted by atomic mass is 16.1. The minimum Gasteiger partial charge on any atom is -0.382 e. The molecule has 2 aromatic heterocycles. The Hall–Kier alpha value is -3.02. The van der Waals surface area contributed by atoms with Gasteiger partial charge in [0.05, 0.1) is 11.7 Å². The Labute approximate surface area is 140 Å². The Morgan fingerprint density at radius 2 is 1.71 bits per heavy atom. The van der Waals surface area contributed by atoms with E-state index < -0.39 is 0 Å². The van der Waals surface area contributed by atoms with Crippen LogP contribution in [0.4, 0.5) is 5.82 Å². The number of hydrogen-bond donors (Lipinski definition) is 1. The van der Waals surface area contributed by atoms with Crippen molar-refractivity contribution in [1.29, 1.82) is 0 Å². The van der Waals surface area contributed by atoms with Crippen LogP contribution >= 0.6 is 0 Å². The highest BCUT2D eigenvalue weighted by Crippen LogP contribution is 2.29. The predicted molar refractivity (Wildman–Crippen MR) is 94.5 cm³/mol. The molecule has 1 aromatic carbocycles. The summed E-state index contributed by atoms with van der Waals surface area (Å²) >= 11 is 0. The molecule has 0 spiro atoms. The molecule has 0 saturated carbocycles. The fraction of sp³-hybridized carbons (Fsp3) is 0.222. The Kier molecular flexibility index (Phi) is 4.12. The van der Waals surface area contributed by atoms with Crippen LogP contribution in [0.5, 0.6) is 0 Å². The number of aryl methyl sites for hydroxylation is 1. The molecule has 3 rings (SSSR count). The standard InChI is InChI=1S/C18H19N5O/c1-11(2)23-15(24)10-9-14(22-23)17-16(13-7-5-4-6-8-13)21-18(19)12(3)20-17/h4-11H,1-3H3,(H2,19,21). The summed E-state index contributed by atoms with van der Waals surface area (Å²) in [4.78, 5) is 21.1. The molecule has 6 heteroatoms. The van der Waals surface area contributed by atoms with Gasteiger partial charge >= 0.3 is 0 Å². The van der Waals surface area contributed by atoms with Crippen molar-refractivity contribution in [3.8, 4) is 22.6 Å². The van der Waals surface area contributed by atoms with Gasteiger partial charge in [-0.15, -0.1) is 0 Å². The molecule has 0 aliphatic carbocycles. The van der Waals surface area contributed by atoms with Gasteiger partial charge in [-0.05, 0) is 26.8 Å². The third kappa shape index (κ3) is 2.90. The molecule has 2 N–H and O–H groups in total. The molecule has 3 aromatic rings. The fourth-order valence-corrected chi connectivity index (χ4v) is 2.43. The molecule has 24 heavy (non-hydrogen) atoms. The summed E-state index contributed by atoms with van der Waals surface area (Å²) < 4.78 is 1.44. The van der Waals surface area contributed by atoms with Gasteiger partial charge in [-0.3, -0.25) is 4.79 Å². The number of aromatic nitrogens is 4. The molecule has 0 unspecified atom stereocenters. The summed E-state index contributed by atoms with van der Waals surface area (Å²) in [5.41, 5.74) is 9.21. The van der Waals surface area contributed by atoms with Crippen molar-refractivity contribution in [3.63, 3.8) is 0 Å². The maximum atomic E-state index is 12.0. The van der Waals surface area contributed by atoms with Crippen molar-refractivity contribution < 1.29 is 0 Å². The van der Waals surface area contributed by atoms with Crippen molar-refractivity contribution in [2.75, 3.05) is 5.73 Å². The first kappa shape index (κ1) is 15.9. The zero-order valence-corrected chi connectivity index (χ0v) is 13.9. The number of nitrogen functional groups attached to an aromatic ring is 1. The van der Waals surface area contributed by atoms with Crippen molar-refractivity contribution in [2.24, 2.45) is 0 Å². The largest absolute Gasteiger partial charge is 0.382 e. The number of benzene rings is 1. The Balaban J connectivity index is 2.27. The van der Waals surface area contributed by atoms with Gasteiger partial charge in [0.15, 0.2) is 0 Å². The van der Waals surface area contributed by atoms with Gasteiger partial charge in [0.2, 0.25) is 0 Å². The monoisotopic (exact) mass is 321 g/mol. The average molecular weight is 321 g/mol. The van der Waals surface area contributed by atoms with Crippen LogP contribution < -0.4 is 11.3 Å². The number of rotatable bonds is 3. The molecule has 0 saturated heterocycles. The first-order valence-electron chi connectivity index (χ1n) is 7.77. The zero-order chi connectivity index (χ0) is 17.3. The van der Waals surface area contributed by atoms with E-state index in [-0.39, 0.29) is 11.6 Å². The van der Waals surface area contributed by atoms with E-state index >= 15 is 0 Å². The summed E-state index contributed by atoms with van der Waals surface area (Å²) in [6.45, 7) is 5.63. The van der Waals surface area contributed by atoms with Crippen LogP contribution in [-0.4, -0.2) is 19.7 Å². The van der Waals surface area contributed by atoms with Gasteiger partial charge < -0.3 is 5.73 Å². The first-order valence-corrected chi connectivity index (χ1v) is 7.77. The molecule has 0 fully saturated rings. The van der Waals surface area contributed by atoms with E-state index in [2.05, 4.69) is 15.1 Å². The smallest absolute Gasteiger partial charge is 0.267 e. The molecule has 0 aliphatic heterocycles. The molecular weight excluding hydrogens is 302 g/mol. The van der Waals surface area contributed by atoms with Crippen molar-refractivity contribution in [2.45, 2.75) is 26.8 Å². The Bertz CT molecular complexity index is 932. The molecule has 0 bridgehead atoms. The van der Waals surface area contributed by atoms with Crippen LogP contribution in [0.15, 0.2) is 47.3 Å². The number of nitrogens with two attached hydrogens (primary N) is 1. The van der Waals surface area contributed by atoms with E-state index in [0.717, 1.165) is 5.56 Å². The molecule has 0 atom stereocenters. The van der Waals surface area contributed by atoms with Crippen LogP contribution in [0.3, 0.4) is 0 Å². The predicted octanol–water partition coefficient (Wildman–Crippen LogP) is 2.84. The number of anilines is 1. The fourth-order valence-electron chi connectivity index (χ4n) is 2.43. The van der Waals surface area contributed by atoms with Gasteiger partial charge in [-0.2, -0.15) is 5.10 Å². The van der Waals surface area contributed by atoms with Crippen molar-refractivity contribution in [3.05, 3.63) is 58.5 Å². The third-order valence-electron chi connectivity index (χ3n) is 3.71. The molecule has 122 valence electrons. The van der Waals surface area contributed by atoms with E-state index in [1.165, 1.54) is 10.7 Å². The van der Waals surface area contributed by atoms with Crippen LogP contribution in [0.25, 0.3) is 22.6 Å². The van der Waals surface area contributed by atoms with Crippen molar-refractivity contribution in [1.82, 2.24) is 19.7 Å². The molecule has 0 amide bonds. The summed E-state index contributed by atoms with van der Waals surface area (Å²) in [5.74, 6) is 0.384. The van der Waals surface area contributed by atoms with E-state index in [1.54, 1.807) is 13.0 Å². The zero-order valence-electron chi connectivity index (χ0n) is 13.9. The lowest BCUT2D eigenvalue weighted by atomic mass is 10.1. The summed E-state index contributed by atoms with van der Waals surface area (Å²) in [5, 5.41) is 4.46. The minimum atomic E-state index is -0.143. The maximum Gasteiger partial charge on any atom is 0.267 e. The first-order chi connectivity index (χ1) is 11.5. The van der Waals surface area contributed by atoms with Crippen molar-refractivity contribution >= 4 is 5.82 Å². The third-order valence-corrected chi connectivity index (χ3v) is 3.71. The highest BCUT2D eigenvalue weighted by molar-refractivity contribution is 5.77. The van der Waals surface area contributed by atoms with Gasteiger partial charge in [-0.25, -0.2) is 14.6 Å². The SMILES string of the molecule is Cc1nc(-c2ccc(=O)n(C(C)C)n2)c(-c2ccccc2)nc1N. The van der Waals surface area contributed by atoms with E-state index in [1.807, 2.05) is 44.2 Å². The molecule has 0 aliphatic rings. The second kappa shape index (κ2) is 6.23. The maximum absolute atomic E-state index is 12.0. The Morgan fingerprint density at radius 3 is 2.38 bits per heavy atom. The highest BCUT2D eigenvalue weighted by Gasteiger charge is 2.16. The lowest BCUT2D eigenvalue weighted by Crippen LogP contribution is -2.24. The van der Waals surface area contributed by atoms with Gasteiger partial charge in [0, 0.05) is 11.6 Å². The van der Waals surface area contributed by atoms with E-state index in [9.17, 15) is 4.79 Å². The molecular formula is C18H19N5O. The van der Waals surface area contributed by atoms with E-state index in [4.69, 9.17) is 5.73 Å². The van der Waals surface area contributed by atoms with Gasteiger partial charge in [0.1, 0.15) is 22.9 Å². The van der Waals surface area contributed by atoms with Crippen LogP contribution in [0.2, 0.25) is 0 Å². The van der Waals surface area contributed by atoms with Crippen LogP contribution in [0.1, 0.15) is 25.6 Å². The normalized spacial score (nSPS) is 11.0. The minimum absolute atomic E-state index is 0.0412. The summed E-state index contributed by atoms with van der Waals surface area (Å²) in [6.07, 6.45) is 0. The lowest BCUT2D eigenvalue weighted by molar-refractivity contribution is 0.504. The Morgan fingerprint density at radius 1 is 1.00 bits per heavy atom. The second-order valence-electron chi connectivity index (χ2n) is 5.85. The summed E-state index contributed by atoms with van der Waals surface area (Å²) in [7, 11) is 0. The van der Waals surface area contributed by atoms with Gasteiger partial charge in [0.25, 0.3) is 5.56 Å². The molecule has 2 heterocycles. The second-order valence-corrected chi connectivity index (χ2v) is 5.85. The summed E-state index contributed by atoms with van der Waals surface area (Å²) in [6, 6.07) is 12.8. The quantitative estimate of drug-likeness (QED) is 0.801. The van der Waals surface area contributed by atoms with Gasteiger partial charge in [-0.1, -0.05) is 30.3 Å². The molecule has 0 radical (unpaired) electrons. The number of nitrogens with zero attached hydrogens (tertiary/aromatic N) is 4. The van der Waals surface area contributed by atoms with Crippen LogP contribution in [0, 0.1) is 6.92 Å². The average Bonchev–Trinajstić information content (AvgIpc) is 2.58.